The van der Waals surface area contributed by atoms with Crippen LogP contribution in [0.2, 0.25) is 0 Å². The Bertz CT molecular complexity index is 588. The van der Waals surface area contributed by atoms with E-state index >= 15 is 0 Å². The number of carbonyl (C=O) groups is 1. The molecule has 2 aromatic rings. The Hall–Kier alpha value is -2.44. The highest BCUT2D eigenvalue weighted by Crippen LogP contribution is 2.37. The van der Waals surface area contributed by atoms with Crippen LogP contribution in [-0.2, 0) is 0 Å². The van der Waals surface area contributed by atoms with E-state index in [-0.39, 0.29) is 11.7 Å². The summed E-state index contributed by atoms with van der Waals surface area (Å²) in [7, 11) is 1.54. The molecule has 7 heteroatoms. The Morgan fingerprint density at radius 2 is 2.32 bits per heavy atom. The molecule has 0 saturated heterocycles. The number of anilines is 1. The largest absolute Gasteiger partial charge is 0.481 e. The molecule has 1 saturated carbocycles. The van der Waals surface area contributed by atoms with Crippen molar-refractivity contribution in [3.63, 3.8) is 0 Å². The van der Waals surface area contributed by atoms with E-state index in [4.69, 9.17) is 4.74 Å². The monoisotopic (exact) mass is 259 g/mol. The number of rotatable bonds is 4. The maximum Gasteiger partial charge on any atom is 0.295 e. The zero-order chi connectivity index (χ0) is 13.2. The first kappa shape index (κ1) is 11.6. The standard InChI is InChI=1S/C12H13N5O2/c1-19-9-5-4-8(6-13-9)14-12(18)11-15-10(16-17-11)7-2-3-7/h4-7H,2-3H2,1H3,(H,14,18)(H,15,16,17). The molecule has 2 aromatic heterocycles. The number of aromatic nitrogens is 4. The zero-order valence-corrected chi connectivity index (χ0v) is 10.4. The summed E-state index contributed by atoms with van der Waals surface area (Å²) in [5.74, 6) is 1.52. The van der Waals surface area contributed by atoms with Crippen molar-refractivity contribution in [3.05, 3.63) is 30.0 Å². The molecule has 0 bridgehead atoms. The van der Waals surface area contributed by atoms with E-state index < -0.39 is 0 Å². The van der Waals surface area contributed by atoms with Crippen LogP contribution in [-0.4, -0.2) is 33.2 Å². The second kappa shape index (κ2) is 4.68. The highest BCUT2D eigenvalue weighted by atomic mass is 16.5. The van der Waals surface area contributed by atoms with Gasteiger partial charge in [-0.1, -0.05) is 0 Å². The predicted molar refractivity (Wildman–Crippen MR) is 67.1 cm³/mol. The first-order valence-electron chi connectivity index (χ1n) is 6.00. The van der Waals surface area contributed by atoms with E-state index in [1.807, 2.05) is 0 Å². The molecule has 0 aromatic carbocycles. The summed E-state index contributed by atoms with van der Waals surface area (Å²) in [4.78, 5) is 20.1. The third kappa shape index (κ3) is 2.54. The molecular weight excluding hydrogens is 246 g/mol. The van der Waals surface area contributed by atoms with Crippen molar-refractivity contribution in [2.24, 2.45) is 0 Å². The lowest BCUT2D eigenvalue weighted by molar-refractivity contribution is 0.101. The molecule has 0 radical (unpaired) electrons. The molecule has 0 atom stereocenters. The van der Waals surface area contributed by atoms with Crippen molar-refractivity contribution < 1.29 is 9.53 Å². The molecule has 1 aliphatic carbocycles. The first-order chi connectivity index (χ1) is 9.26. The van der Waals surface area contributed by atoms with Gasteiger partial charge in [0.2, 0.25) is 11.7 Å². The summed E-state index contributed by atoms with van der Waals surface area (Å²) in [5, 5.41) is 9.39. The van der Waals surface area contributed by atoms with Crippen LogP contribution < -0.4 is 10.1 Å². The van der Waals surface area contributed by atoms with Gasteiger partial charge in [0.25, 0.3) is 5.91 Å². The van der Waals surface area contributed by atoms with Gasteiger partial charge in [0.05, 0.1) is 19.0 Å². The van der Waals surface area contributed by atoms with Crippen molar-refractivity contribution in [1.29, 1.82) is 0 Å². The van der Waals surface area contributed by atoms with Crippen LogP contribution in [0.3, 0.4) is 0 Å². The fourth-order valence-corrected chi connectivity index (χ4v) is 1.68. The van der Waals surface area contributed by atoms with E-state index in [2.05, 4.69) is 25.5 Å². The lowest BCUT2D eigenvalue weighted by Gasteiger charge is -2.02. The van der Waals surface area contributed by atoms with Crippen LogP contribution in [0.5, 0.6) is 5.88 Å². The van der Waals surface area contributed by atoms with Gasteiger partial charge in [-0.25, -0.2) is 9.97 Å². The lowest BCUT2D eigenvalue weighted by atomic mass is 10.4. The summed E-state index contributed by atoms with van der Waals surface area (Å²) in [5.41, 5.74) is 0.573. The summed E-state index contributed by atoms with van der Waals surface area (Å²) in [6.07, 6.45) is 3.74. The number of amides is 1. The smallest absolute Gasteiger partial charge is 0.295 e. The molecule has 0 aliphatic heterocycles. The molecule has 3 rings (SSSR count). The number of methoxy groups -OCH3 is 1. The van der Waals surface area contributed by atoms with Gasteiger partial charge in [-0.05, 0) is 18.9 Å². The quantitative estimate of drug-likeness (QED) is 0.864. The first-order valence-corrected chi connectivity index (χ1v) is 6.00. The van der Waals surface area contributed by atoms with Crippen LogP contribution >= 0.6 is 0 Å². The Morgan fingerprint density at radius 3 is 2.95 bits per heavy atom. The molecule has 0 unspecified atom stereocenters. The number of ether oxygens (including phenoxy) is 1. The second-order valence-corrected chi connectivity index (χ2v) is 4.36. The van der Waals surface area contributed by atoms with Gasteiger partial charge in [0, 0.05) is 12.0 Å². The number of aromatic amines is 1. The van der Waals surface area contributed by atoms with Gasteiger partial charge >= 0.3 is 0 Å². The average Bonchev–Trinajstić information content (AvgIpc) is 3.17. The molecule has 2 heterocycles. The van der Waals surface area contributed by atoms with Crippen LogP contribution in [0.4, 0.5) is 5.69 Å². The molecule has 0 spiro atoms. The highest BCUT2D eigenvalue weighted by Gasteiger charge is 2.28. The highest BCUT2D eigenvalue weighted by molar-refractivity contribution is 6.01. The maximum absolute atomic E-state index is 11.9. The van der Waals surface area contributed by atoms with Crippen molar-refractivity contribution >= 4 is 11.6 Å². The molecule has 2 N–H and O–H groups in total. The molecular formula is C12H13N5O2. The predicted octanol–water partition coefficient (Wildman–Crippen LogP) is 1.34. The SMILES string of the molecule is COc1ccc(NC(=O)c2n[nH]c(C3CC3)n2)cn1. The zero-order valence-electron chi connectivity index (χ0n) is 10.4. The Labute approximate surface area is 109 Å². The van der Waals surface area contributed by atoms with Crippen molar-refractivity contribution in [2.75, 3.05) is 12.4 Å². The number of nitrogens with one attached hydrogen (secondary N) is 2. The molecule has 19 heavy (non-hydrogen) atoms. The van der Waals surface area contributed by atoms with E-state index in [1.165, 1.54) is 13.3 Å². The molecule has 7 nitrogen and oxygen atoms in total. The van der Waals surface area contributed by atoms with E-state index in [0.29, 0.717) is 17.5 Å². The van der Waals surface area contributed by atoms with E-state index in [0.717, 1.165) is 18.7 Å². The number of H-pyrrole nitrogens is 1. The van der Waals surface area contributed by atoms with Crippen LogP contribution in [0.15, 0.2) is 18.3 Å². The van der Waals surface area contributed by atoms with Crippen molar-refractivity contribution in [3.8, 4) is 5.88 Å². The molecule has 98 valence electrons. The number of carbonyl (C=O) groups excluding carboxylic acids is 1. The van der Waals surface area contributed by atoms with Crippen LogP contribution in [0, 0.1) is 0 Å². The Morgan fingerprint density at radius 1 is 1.47 bits per heavy atom. The summed E-state index contributed by atoms with van der Waals surface area (Å²) < 4.78 is 4.94. The maximum atomic E-state index is 11.9. The van der Waals surface area contributed by atoms with Crippen LogP contribution in [0.25, 0.3) is 0 Å². The minimum absolute atomic E-state index is 0.151. The normalized spacial score (nSPS) is 14.2. The average molecular weight is 259 g/mol. The van der Waals surface area contributed by atoms with Crippen molar-refractivity contribution in [1.82, 2.24) is 20.2 Å². The number of hydrogen-bond acceptors (Lipinski definition) is 5. The third-order valence-electron chi connectivity index (χ3n) is 2.87. The van der Waals surface area contributed by atoms with Gasteiger partial charge in [0.15, 0.2) is 0 Å². The summed E-state index contributed by atoms with van der Waals surface area (Å²) >= 11 is 0. The van der Waals surface area contributed by atoms with Gasteiger partial charge < -0.3 is 10.1 Å². The number of hydrogen-bond donors (Lipinski definition) is 2. The molecule has 1 fully saturated rings. The summed E-state index contributed by atoms with van der Waals surface area (Å²) in [6, 6.07) is 3.38. The van der Waals surface area contributed by atoms with Gasteiger partial charge in [-0.15, -0.1) is 5.10 Å². The third-order valence-corrected chi connectivity index (χ3v) is 2.87. The summed E-state index contributed by atoms with van der Waals surface area (Å²) in [6.45, 7) is 0. The lowest BCUT2D eigenvalue weighted by Crippen LogP contribution is -2.14. The molecule has 1 aliphatic rings. The fraction of sp³-hybridized carbons (Fsp3) is 0.333. The van der Waals surface area contributed by atoms with E-state index in [9.17, 15) is 4.79 Å². The van der Waals surface area contributed by atoms with Gasteiger partial charge in [-0.2, -0.15) is 0 Å². The minimum atomic E-state index is -0.352. The van der Waals surface area contributed by atoms with E-state index in [1.54, 1.807) is 12.1 Å². The second-order valence-electron chi connectivity index (χ2n) is 4.36. The molecule has 1 amide bonds. The van der Waals surface area contributed by atoms with Crippen molar-refractivity contribution in [2.45, 2.75) is 18.8 Å². The van der Waals surface area contributed by atoms with Gasteiger partial charge in [0.1, 0.15) is 5.82 Å². The Balaban J connectivity index is 1.68. The minimum Gasteiger partial charge on any atom is -0.481 e. The number of pyridine rings is 1. The Kier molecular flexibility index (Phi) is 2.86. The van der Waals surface area contributed by atoms with Gasteiger partial charge in [-0.3, -0.25) is 9.89 Å². The number of nitrogens with zero attached hydrogens (tertiary/aromatic N) is 3. The van der Waals surface area contributed by atoms with Crippen LogP contribution in [0.1, 0.15) is 35.2 Å². The topological polar surface area (TPSA) is 92.8 Å². The fourth-order valence-electron chi connectivity index (χ4n) is 1.68.